The predicted octanol–water partition coefficient (Wildman–Crippen LogP) is 4.84. The van der Waals surface area contributed by atoms with Gasteiger partial charge in [-0.3, -0.25) is 0 Å². The molecular formula is C19H27NO. The molecule has 2 rings (SSSR count). The topological polar surface area (TPSA) is 25.2 Å². The summed E-state index contributed by atoms with van der Waals surface area (Å²) in [4.78, 5) is 0. The van der Waals surface area contributed by atoms with Gasteiger partial charge in [-0.25, -0.2) is 0 Å². The standard InChI is InChI=1S/C19H27NO/c1-6-14-12-13-17(21-14)18(20-7-2)15-10-8-9-11-16(15)19(3,4)5/h8-13,18,20H,6-7H2,1-5H3. The molecule has 0 aliphatic rings. The van der Waals surface area contributed by atoms with Crippen LogP contribution in [0.4, 0.5) is 0 Å². The summed E-state index contributed by atoms with van der Waals surface area (Å²) >= 11 is 0. The molecule has 1 heterocycles. The van der Waals surface area contributed by atoms with Gasteiger partial charge in [0.2, 0.25) is 0 Å². The highest BCUT2D eigenvalue weighted by Gasteiger charge is 2.24. The fourth-order valence-electron chi connectivity index (χ4n) is 2.74. The molecular weight excluding hydrogens is 258 g/mol. The van der Waals surface area contributed by atoms with Crippen LogP contribution in [0.2, 0.25) is 0 Å². The van der Waals surface area contributed by atoms with E-state index in [4.69, 9.17) is 4.42 Å². The second-order valence-electron chi connectivity index (χ2n) is 6.49. The molecule has 0 aliphatic carbocycles. The van der Waals surface area contributed by atoms with Crippen molar-refractivity contribution in [1.29, 1.82) is 0 Å². The first kappa shape index (κ1) is 15.8. The van der Waals surface area contributed by atoms with Gasteiger partial charge >= 0.3 is 0 Å². The monoisotopic (exact) mass is 285 g/mol. The van der Waals surface area contributed by atoms with Gasteiger partial charge in [0.1, 0.15) is 11.5 Å². The molecule has 1 aromatic carbocycles. The molecule has 114 valence electrons. The van der Waals surface area contributed by atoms with Crippen molar-refractivity contribution in [3.63, 3.8) is 0 Å². The third-order valence-corrected chi connectivity index (χ3v) is 3.80. The lowest BCUT2D eigenvalue weighted by Crippen LogP contribution is -2.25. The van der Waals surface area contributed by atoms with Crippen molar-refractivity contribution in [2.45, 2.75) is 52.5 Å². The number of rotatable bonds is 5. The van der Waals surface area contributed by atoms with E-state index < -0.39 is 0 Å². The van der Waals surface area contributed by atoms with Gasteiger partial charge in [0, 0.05) is 6.42 Å². The van der Waals surface area contributed by atoms with Crippen molar-refractivity contribution >= 4 is 0 Å². The molecule has 2 aromatic rings. The Balaban J connectivity index is 2.48. The van der Waals surface area contributed by atoms with E-state index in [1.54, 1.807) is 0 Å². The molecule has 0 radical (unpaired) electrons. The maximum atomic E-state index is 6.01. The van der Waals surface area contributed by atoms with Crippen LogP contribution in [0.5, 0.6) is 0 Å². The number of nitrogens with one attached hydrogen (secondary N) is 1. The zero-order valence-electron chi connectivity index (χ0n) is 13.9. The highest BCUT2D eigenvalue weighted by Crippen LogP contribution is 2.33. The highest BCUT2D eigenvalue weighted by atomic mass is 16.3. The molecule has 0 spiro atoms. The summed E-state index contributed by atoms with van der Waals surface area (Å²) in [6, 6.07) is 13.0. The Hall–Kier alpha value is -1.54. The summed E-state index contributed by atoms with van der Waals surface area (Å²) in [5.74, 6) is 2.05. The van der Waals surface area contributed by atoms with Crippen LogP contribution >= 0.6 is 0 Å². The van der Waals surface area contributed by atoms with E-state index in [0.717, 1.165) is 24.5 Å². The summed E-state index contributed by atoms with van der Waals surface area (Å²) in [6.45, 7) is 11.9. The molecule has 0 saturated carbocycles. The minimum atomic E-state index is 0.116. The van der Waals surface area contributed by atoms with Crippen LogP contribution in [0, 0.1) is 0 Å². The molecule has 0 fully saturated rings. The van der Waals surface area contributed by atoms with Crippen molar-refractivity contribution in [2.75, 3.05) is 6.54 Å². The number of hydrogen-bond acceptors (Lipinski definition) is 2. The van der Waals surface area contributed by atoms with Crippen LogP contribution in [0.1, 0.15) is 63.3 Å². The zero-order valence-corrected chi connectivity index (χ0v) is 13.9. The van der Waals surface area contributed by atoms with E-state index in [9.17, 15) is 0 Å². The smallest absolute Gasteiger partial charge is 0.125 e. The van der Waals surface area contributed by atoms with E-state index in [0.29, 0.717) is 0 Å². The van der Waals surface area contributed by atoms with Gasteiger partial charge < -0.3 is 9.73 Å². The fraction of sp³-hybridized carbons (Fsp3) is 0.474. The van der Waals surface area contributed by atoms with Gasteiger partial charge in [-0.15, -0.1) is 0 Å². The van der Waals surface area contributed by atoms with Gasteiger partial charge in [-0.2, -0.15) is 0 Å². The highest BCUT2D eigenvalue weighted by molar-refractivity contribution is 5.38. The number of furan rings is 1. The molecule has 1 atom stereocenters. The second-order valence-corrected chi connectivity index (χ2v) is 6.49. The summed E-state index contributed by atoms with van der Waals surface area (Å²) < 4.78 is 6.01. The summed E-state index contributed by atoms with van der Waals surface area (Å²) in [6.07, 6.45) is 0.930. The van der Waals surface area contributed by atoms with E-state index >= 15 is 0 Å². The van der Waals surface area contributed by atoms with Crippen molar-refractivity contribution in [3.8, 4) is 0 Å². The number of benzene rings is 1. The largest absolute Gasteiger partial charge is 0.464 e. The molecule has 1 aromatic heterocycles. The van der Waals surface area contributed by atoms with Gasteiger partial charge in [0.15, 0.2) is 0 Å². The van der Waals surface area contributed by atoms with Crippen LogP contribution in [0.25, 0.3) is 0 Å². The van der Waals surface area contributed by atoms with Gasteiger partial charge in [0.05, 0.1) is 6.04 Å². The minimum absolute atomic E-state index is 0.116. The third-order valence-electron chi connectivity index (χ3n) is 3.80. The molecule has 0 saturated heterocycles. The Bertz CT molecular complexity index is 577. The Labute approximate surface area is 128 Å². The third kappa shape index (κ3) is 3.56. The van der Waals surface area contributed by atoms with Crippen molar-refractivity contribution in [3.05, 3.63) is 59.0 Å². The molecule has 21 heavy (non-hydrogen) atoms. The summed E-state index contributed by atoms with van der Waals surface area (Å²) in [5, 5.41) is 3.57. The molecule has 1 N–H and O–H groups in total. The molecule has 1 unspecified atom stereocenters. The molecule has 0 amide bonds. The molecule has 2 heteroatoms. The van der Waals surface area contributed by atoms with Crippen LogP contribution in [-0.2, 0) is 11.8 Å². The average molecular weight is 285 g/mol. The first-order valence-electron chi connectivity index (χ1n) is 7.88. The predicted molar refractivity (Wildman–Crippen MR) is 88.7 cm³/mol. The van der Waals surface area contributed by atoms with Crippen LogP contribution in [0.3, 0.4) is 0 Å². The Morgan fingerprint density at radius 2 is 1.76 bits per heavy atom. The van der Waals surface area contributed by atoms with Gasteiger partial charge in [0.25, 0.3) is 0 Å². The van der Waals surface area contributed by atoms with Crippen LogP contribution in [-0.4, -0.2) is 6.54 Å². The first-order chi connectivity index (χ1) is 9.97. The lowest BCUT2D eigenvalue weighted by atomic mass is 9.81. The fourth-order valence-corrected chi connectivity index (χ4v) is 2.74. The van der Waals surface area contributed by atoms with Crippen LogP contribution < -0.4 is 5.32 Å². The SMILES string of the molecule is CCNC(c1ccc(CC)o1)c1ccccc1C(C)(C)C. The summed E-state index contributed by atoms with van der Waals surface area (Å²) in [7, 11) is 0. The van der Waals surface area contributed by atoms with Crippen molar-refractivity contribution in [1.82, 2.24) is 5.32 Å². The van der Waals surface area contributed by atoms with Gasteiger partial charge in [-0.1, -0.05) is 58.9 Å². The molecule has 2 nitrogen and oxygen atoms in total. The lowest BCUT2D eigenvalue weighted by Gasteiger charge is -2.27. The summed E-state index contributed by atoms with van der Waals surface area (Å²) in [5.41, 5.74) is 2.79. The van der Waals surface area contributed by atoms with Crippen molar-refractivity contribution in [2.24, 2.45) is 0 Å². The van der Waals surface area contributed by atoms with E-state index in [2.05, 4.69) is 76.3 Å². The lowest BCUT2D eigenvalue weighted by molar-refractivity contribution is 0.421. The Morgan fingerprint density at radius 3 is 2.33 bits per heavy atom. The maximum absolute atomic E-state index is 6.01. The average Bonchev–Trinajstić information content (AvgIpc) is 2.92. The van der Waals surface area contributed by atoms with E-state index in [1.807, 2.05) is 0 Å². The maximum Gasteiger partial charge on any atom is 0.125 e. The van der Waals surface area contributed by atoms with Crippen LogP contribution in [0.15, 0.2) is 40.8 Å². The minimum Gasteiger partial charge on any atom is -0.464 e. The Kier molecular flexibility index (Phi) is 4.89. The molecule has 0 aliphatic heterocycles. The molecule has 0 bridgehead atoms. The van der Waals surface area contributed by atoms with Gasteiger partial charge in [-0.05, 0) is 35.2 Å². The second kappa shape index (κ2) is 6.48. The quantitative estimate of drug-likeness (QED) is 0.850. The number of aryl methyl sites for hydroxylation is 1. The van der Waals surface area contributed by atoms with Crippen molar-refractivity contribution < 1.29 is 4.42 Å². The normalized spacial score (nSPS) is 13.4. The first-order valence-corrected chi connectivity index (χ1v) is 7.88. The van der Waals surface area contributed by atoms with E-state index in [1.165, 1.54) is 11.1 Å². The van der Waals surface area contributed by atoms with E-state index in [-0.39, 0.29) is 11.5 Å². The zero-order chi connectivity index (χ0) is 15.5. The number of hydrogen-bond donors (Lipinski definition) is 1. The Morgan fingerprint density at radius 1 is 1.05 bits per heavy atom.